The molecule has 1 unspecified atom stereocenters. The van der Waals surface area contributed by atoms with Crippen LogP contribution in [0.5, 0.6) is 0 Å². The Balaban J connectivity index is 1.92. The lowest BCUT2D eigenvalue weighted by atomic mass is 10.2. The Hall–Kier alpha value is -1.16. The number of nitriles is 1. The van der Waals surface area contributed by atoms with Crippen molar-refractivity contribution < 1.29 is 0 Å². The highest BCUT2D eigenvalue weighted by molar-refractivity contribution is 8.07. The van der Waals surface area contributed by atoms with Crippen LogP contribution in [-0.4, -0.2) is 21.4 Å². The van der Waals surface area contributed by atoms with E-state index >= 15 is 0 Å². The van der Waals surface area contributed by atoms with Gasteiger partial charge in [-0.15, -0.1) is 0 Å². The number of thioether (sulfide) groups is 2. The topological polar surface area (TPSA) is 47.9 Å². The van der Waals surface area contributed by atoms with Gasteiger partial charge in [-0.2, -0.15) is 17.0 Å². The number of anilines is 1. The van der Waals surface area contributed by atoms with E-state index in [-0.39, 0.29) is 4.87 Å². The van der Waals surface area contributed by atoms with Crippen molar-refractivity contribution in [3.8, 4) is 6.07 Å². The molecule has 0 saturated carbocycles. The number of rotatable bonds is 2. The largest absolute Gasteiger partial charge is 0.360 e. The average Bonchev–Trinajstić information content (AvgIpc) is 2.87. The summed E-state index contributed by atoms with van der Waals surface area (Å²) < 4.78 is 0. The minimum absolute atomic E-state index is 0.0563. The first-order valence-electron chi connectivity index (χ1n) is 6.28. The molecular formula is C14H13N3S3. The molecule has 1 spiro atoms. The monoisotopic (exact) mass is 319 g/mol. The molecule has 2 aliphatic heterocycles. The minimum Gasteiger partial charge on any atom is -0.360 e. The highest BCUT2D eigenvalue weighted by atomic mass is 32.2. The van der Waals surface area contributed by atoms with Crippen molar-refractivity contribution in [3.05, 3.63) is 40.9 Å². The van der Waals surface area contributed by atoms with Gasteiger partial charge in [0.15, 0.2) is 0 Å². The second-order valence-corrected chi connectivity index (χ2v) is 7.57. The first kappa shape index (κ1) is 13.8. The number of para-hydroxylation sites is 1. The van der Waals surface area contributed by atoms with Gasteiger partial charge in [0.25, 0.3) is 0 Å². The van der Waals surface area contributed by atoms with Crippen LogP contribution in [0.25, 0.3) is 0 Å². The average molecular weight is 319 g/mol. The number of hydrogen-bond acceptors (Lipinski definition) is 5. The van der Waals surface area contributed by atoms with E-state index in [1.54, 1.807) is 11.8 Å². The Morgan fingerprint density at radius 3 is 2.80 bits per heavy atom. The highest BCUT2D eigenvalue weighted by Gasteiger charge is 2.41. The zero-order valence-corrected chi connectivity index (χ0v) is 13.1. The molecule has 0 aromatic heterocycles. The van der Waals surface area contributed by atoms with Gasteiger partial charge < -0.3 is 10.6 Å². The van der Waals surface area contributed by atoms with Gasteiger partial charge in [-0.25, -0.2) is 0 Å². The second-order valence-electron chi connectivity index (χ2n) is 4.66. The zero-order chi connectivity index (χ0) is 14.0. The summed E-state index contributed by atoms with van der Waals surface area (Å²) in [7, 11) is 0. The number of nitrogens with one attached hydrogen (secondary N) is 2. The maximum Gasteiger partial charge on any atom is 0.121 e. The standard InChI is InChI=1S/C14H13N3S3/c15-8-11-12(18)17-14(6-7-19-9-14)20-13(11)16-10-4-2-1-3-5-10/h1-5,16H,6-7,9H2,(H,17,18). The summed E-state index contributed by atoms with van der Waals surface area (Å²) in [5, 5.41) is 16.9. The van der Waals surface area contributed by atoms with Crippen LogP contribution in [0.4, 0.5) is 5.69 Å². The van der Waals surface area contributed by atoms with Crippen molar-refractivity contribution in [2.45, 2.75) is 11.3 Å². The van der Waals surface area contributed by atoms with E-state index in [0.29, 0.717) is 10.6 Å². The molecule has 3 rings (SSSR count). The van der Waals surface area contributed by atoms with Gasteiger partial charge in [-0.1, -0.05) is 42.2 Å². The zero-order valence-electron chi connectivity index (χ0n) is 10.7. The van der Waals surface area contributed by atoms with E-state index in [1.165, 1.54) is 0 Å². The van der Waals surface area contributed by atoms with E-state index in [0.717, 1.165) is 28.6 Å². The summed E-state index contributed by atoms with van der Waals surface area (Å²) >= 11 is 9.00. The third kappa shape index (κ3) is 2.66. The molecule has 1 aromatic rings. The minimum atomic E-state index is -0.0563. The molecule has 3 nitrogen and oxygen atoms in total. The molecule has 6 heteroatoms. The molecule has 2 aliphatic rings. The predicted molar refractivity (Wildman–Crippen MR) is 90.7 cm³/mol. The quantitative estimate of drug-likeness (QED) is 0.816. The van der Waals surface area contributed by atoms with Crippen molar-refractivity contribution in [3.63, 3.8) is 0 Å². The third-order valence-corrected chi connectivity index (χ3v) is 6.25. The third-order valence-electron chi connectivity index (χ3n) is 3.22. The Labute approximate surface area is 132 Å². The molecule has 102 valence electrons. The van der Waals surface area contributed by atoms with Gasteiger partial charge in [0.2, 0.25) is 0 Å². The van der Waals surface area contributed by atoms with Crippen LogP contribution in [-0.2, 0) is 0 Å². The molecule has 2 heterocycles. The van der Waals surface area contributed by atoms with Crippen LogP contribution < -0.4 is 10.6 Å². The molecule has 0 bridgehead atoms. The first-order chi connectivity index (χ1) is 9.72. The van der Waals surface area contributed by atoms with Crippen molar-refractivity contribution in [1.82, 2.24) is 5.32 Å². The summed E-state index contributed by atoms with van der Waals surface area (Å²) in [6, 6.07) is 12.1. The van der Waals surface area contributed by atoms with Gasteiger partial charge in [0.05, 0.1) is 9.90 Å². The lowest BCUT2D eigenvalue weighted by Crippen LogP contribution is -2.49. The number of hydrogen-bond donors (Lipinski definition) is 2. The maximum atomic E-state index is 9.35. The molecule has 0 amide bonds. The van der Waals surface area contributed by atoms with Crippen molar-refractivity contribution >= 4 is 46.4 Å². The van der Waals surface area contributed by atoms with Crippen molar-refractivity contribution in [2.75, 3.05) is 16.8 Å². The molecule has 2 N–H and O–H groups in total. The van der Waals surface area contributed by atoms with Crippen molar-refractivity contribution in [2.24, 2.45) is 0 Å². The van der Waals surface area contributed by atoms with Crippen LogP contribution in [0.3, 0.4) is 0 Å². The Morgan fingerprint density at radius 2 is 2.15 bits per heavy atom. The second kappa shape index (κ2) is 5.68. The van der Waals surface area contributed by atoms with Crippen LogP contribution in [0.1, 0.15) is 6.42 Å². The maximum absolute atomic E-state index is 9.35. The molecule has 0 radical (unpaired) electrons. The van der Waals surface area contributed by atoms with E-state index in [4.69, 9.17) is 12.2 Å². The summed E-state index contributed by atoms with van der Waals surface area (Å²) in [5.41, 5.74) is 1.52. The van der Waals surface area contributed by atoms with Gasteiger partial charge in [-0.3, -0.25) is 0 Å². The van der Waals surface area contributed by atoms with Crippen LogP contribution in [0.15, 0.2) is 40.9 Å². The smallest absolute Gasteiger partial charge is 0.121 e. The van der Waals surface area contributed by atoms with Crippen LogP contribution in [0.2, 0.25) is 0 Å². The summed E-state index contributed by atoms with van der Waals surface area (Å²) in [6.07, 6.45) is 1.06. The fourth-order valence-electron chi connectivity index (χ4n) is 2.21. The van der Waals surface area contributed by atoms with E-state index in [2.05, 4.69) is 16.7 Å². The molecule has 0 aliphatic carbocycles. The highest BCUT2D eigenvalue weighted by Crippen LogP contribution is 2.45. The van der Waals surface area contributed by atoms with Gasteiger partial charge in [0, 0.05) is 11.4 Å². The summed E-state index contributed by atoms with van der Waals surface area (Å²) in [5.74, 6) is 2.14. The first-order valence-corrected chi connectivity index (χ1v) is 8.66. The van der Waals surface area contributed by atoms with Crippen LogP contribution >= 0.6 is 35.7 Å². The molecule has 20 heavy (non-hydrogen) atoms. The Morgan fingerprint density at radius 1 is 1.35 bits per heavy atom. The Bertz CT molecular complexity index is 598. The molecule has 1 aromatic carbocycles. The van der Waals surface area contributed by atoms with Gasteiger partial charge in [-0.05, 0) is 24.3 Å². The number of benzene rings is 1. The molecule has 1 fully saturated rings. The van der Waals surface area contributed by atoms with Crippen LogP contribution in [0, 0.1) is 11.3 Å². The summed E-state index contributed by atoms with van der Waals surface area (Å²) in [6.45, 7) is 0. The normalized spacial score (nSPS) is 25.4. The fraction of sp³-hybridized carbons (Fsp3) is 0.286. The molecule has 1 atom stereocenters. The molecule has 1 saturated heterocycles. The lowest BCUT2D eigenvalue weighted by Gasteiger charge is -2.35. The van der Waals surface area contributed by atoms with E-state index < -0.39 is 0 Å². The fourth-order valence-corrected chi connectivity index (χ4v) is 5.65. The number of nitrogens with zero attached hydrogens (tertiary/aromatic N) is 1. The Kier molecular flexibility index (Phi) is 3.92. The predicted octanol–water partition coefficient (Wildman–Crippen LogP) is 3.33. The van der Waals surface area contributed by atoms with Gasteiger partial charge >= 0.3 is 0 Å². The van der Waals surface area contributed by atoms with Gasteiger partial charge in [0.1, 0.15) is 16.6 Å². The number of thiocarbonyl (C=S) groups is 1. The molecular weight excluding hydrogens is 306 g/mol. The summed E-state index contributed by atoms with van der Waals surface area (Å²) in [4.78, 5) is 0.506. The lowest BCUT2D eigenvalue weighted by molar-refractivity contribution is 0.621. The van der Waals surface area contributed by atoms with E-state index in [1.807, 2.05) is 42.1 Å². The SMILES string of the molecule is N#CC1=C(Nc2ccccc2)SC2(CCSC2)NC1=S. The van der Waals surface area contributed by atoms with Crippen molar-refractivity contribution in [1.29, 1.82) is 5.26 Å². The van der Waals surface area contributed by atoms with E-state index in [9.17, 15) is 5.26 Å².